The monoisotopic (exact) mass is 285 g/mol. The van der Waals surface area contributed by atoms with Gasteiger partial charge >= 0.3 is 5.97 Å². The molecule has 0 spiro atoms. The molecular formula is C17H19NO3. The van der Waals surface area contributed by atoms with E-state index in [1.165, 1.54) is 0 Å². The summed E-state index contributed by atoms with van der Waals surface area (Å²) in [4.78, 5) is 11.8. The average Bonchev–Trinajstić information content (AvgIpc) is 2.47. The molecule has 0 saturated carbocycles. The predicted octanol–water partition coefficient (Wildman–Crippen LogP) is 3.42. The van der Waals surface area contributed by atoms with Crippen LogP contribution in [0.25, 0.3) is 0 Å². The Labute approximate surface area is 124 Å². The second kappa shape index (κ2) is 5.87. The van der Waals surface area contributed by atoms with Crippen LogP contribution in [0.3, 0.4) is 0 Å². The molecule has 2 aromatic carbocycles. The Morgan fingerprint density at radius 3 is 2.38 bits per heavy atom. The van der Waals surface area contributed by atoms with Crippen LogP contribution in [0.4, 0.5) is 5.69 Å². The first-order valence-electron chi connectivity index (χ1n) is 6.68. The molecule has 4 heteroatoms. The summed E-state index contributed by atoms with van der Waals surface area (Å²) in [6.45, 7) is 3.62. The molecule has 0 radical (unpaired) electrons. The highest BCUT2D eigenvalue weighted by molar-refractivity contribution is 5.84. The number of nitrogens with one attached hydrogen (secondary N) is 1. The minimum Gasteiger partial charge on any atom is -0.497 e. The van der Waals surface area contributed by atoms with Crippen molar-refractivity contribution in [2.45, 2.75) is 19.4 Å². The lowest BCUT2D eigenvalue weighted by Crippen LogP contribution is -2.40. The Morgan fingerprint density at radius 2 is 1.86 bits per heavy atom. The Balaban J connectivity index is 2.37. The largest absolute Gasteiger partial charge is 0.497 e. The summed E-state index contributed by atoms with van der Waals surface area (Å²) in [5.41, 5.74) is 1.30. The van der Waals surface area contributed by atoms with E-state index in [4.69, 9.17) is 4.74 Å². The van der Waals surface area contributed by atoms with E-state index in [1.54, 1.807) is 38.3 Å². The van der Waals surface area contributed by atoms with Crippen LogP contribution >= 0.6 is 0 Å². The fourth-order valence-corrected chi connectivity index (χ4v) is 2.18. The third-order valence-electron chi connectivity index (χ3n) is 3.51. The van der Waals surface area contributed by atoms with Gasteiger partial charge in [-0.2, -0.15) is 0 Å². The summed E-state index contributed by atoms with van der Waals surface area (Å²) in [7, 11) is 1.58. The highest BCUT2D eigenvalue weighted by Crippen LogP contribution is 2.28. The van der Waals surface area contributed by atoms with Crippen LogP contribution in [0, 0.1) is 6.92 Å². The number of hydrogen-bond acceptors (Lipinski definition) is 3. The van der Waals surface area contributed by atoms with E-state index in [0.717, 1.165) is 11.3 Å². The zero-order valence-electron chi connectivity index (χ0n) is 12.4. The van der Waals surface area contributed by atoms with E-state index in [-0.39, 0.29) is 0 Å². The summed E-state index contributed by atoms with van der Waals surface area (Å²) in [5.74, 6) is -0.240. The molecule has 0 fully saturated rings. The molecule has 0 aliphatic carbocycles. The predicted molar refractivity (Wildman–Crippen MR) is 82.8 cm³/mol. The van der Waals surface area contributed by atoms with Crippen molar-refractivity contribution in [2.75, 3.05) is 12.4 Å². The molecule has 0 heterocycles. The van der Waals surface area contributed by atoms with Crippen molar-refractivity contribution in [1.29, 1.82) is 0 Å². The molecule has 110 valence electrons. The van der Waals surface area contributed by atoms with E-state index < -0.39 is 11.5 Å². The number of aryl methyl sites for hydroxylation is 1. The molecule has 2 aromatic rings. The van der Waals surface area contributed by atoms with Crippen molar-refractivity contribution in [1.82, 2.24) is 0 Å². The van der Waals surface area contributed by atoms with Gasteiger partial charge in [-0.25, -0.2) is 4.79 Å². The van der Waals surface area contributed by atoms with Gasteiger partial charge in [0, 0.05) is 5.69 Å². The van der Waals surface area contributed by atoms with Crippen LogP contribution in [0.2, 0.25) is 0 Å². The molecule has 1 unspecified atom stereocenters. The van der Waals surface area contributed by atoms with E-state index in [9.17, 15) is 9.90 Å². The van der Waals surface area contributed by atoms with Crippen molar-refractivity contribution in [2.24, 2.45) is 0 Å². The second-order valence-electron chi connectivity index (χ2n) is 5.15. The summed E-state index contributed by atoms with van der Waals surface area (Å²) in [5, 5.41) is 12.8. The molecule has 4 nitrogen and oxygen atoms in total. The number of carboxylic acids is 1. The number of anilines is 1. The first-order chi connectivity index (χ1) is 9.95. The third kappa shape index (κ3) is 3.16. The number of carboxylic acid groups (broad SMARTS) is 1. The van der Waals surface area contributed by atoms with Gasteiger partial charge in [0.25, 0.3) is 0 Å². The van der Waals surface area contributed by atoms with Gasteiger partial charge in [-0.05, 0) is 49.2 Å². The number of ether oxygens (including phenoxy) is 1. The molecule has 0 aliphatic rings. The molecule has 0 aliphatic heterocycles. The number of carbonyl (C=O) groups is 1. The summed E-state index contributed by atoms with van der Waals surface area (Å²) in [6.07, 6.45) is 0. The lowest BCUT2D eigenvalue weighted by Gasteiger charge is -2.28. The Kier molecular flexibility index (Phi) is 4.17. The topological polar surface area (TPSA) is 58.6 Å². The maximum Gasteiger partial charge on any atom is 0.333 e. The highest BCUT2D eigenvalue weighted by Gasteiger charge is 2.35. The van der Waals surface area contributed by atoms with Crippen LogP contribution in [0.1, 0.15) is 18.1 Å². The smallest absolute Gasteiger partial charge is 0.333 e. The highest BCUT2D eigenvalue weighted by atomic mass is 16.5. The normalized spacial score (nSPS) is 13.3. The molecule has 0 bridgehead atoms. The van der Waals surface area contributed by atoms with E-state index >= 15 is 0 Å². The number of rotatable bonds is 5. The Bertz CT molecular complexity index is 637. The number of hydrogen-bond donors (Lipinski definition) is 2. The van der Waals surface area contributed by atoms with E-state index in [2.05, 4.69) is 5.32 Å². The summed E-state index contributed by atoms with van der Waals surface area (Å²) >= 11 is 0. The molecule has 2 N–H and O–H groups in total. The van der Waals surface area contributed by atoms with E-state index in [0.29, 0.717) is 11.3 Å². The Hall–Kier alpha value is -2.49. The second-order valence-corrected chi connectivity index (χ2v) is 5.15. The zero-order valence-corrected chi connectivity index (χ0v) is 12.4. The van der Waals surface area contributed by atoms with Crippen molar-refractivity contribution >= 4 is 11.7 Å². The average molecular weight is 285 g/mol. The lowest BCUT2D eigenvalue weighted by molar-refractivity contribution is -0.142. The minimum absolute atomic E-state index is 0.664. The van der Waals surface area contributed by atoms with Crippen LogP contribution in [0.5, 0.6) is 5.75 Å². The summed E-state index contributed by atoms with van der Waals surface area (Å²) < 4.78 is 5.11. The lowest BCUT2D eigenvalue weighted by atomic mass is 9.91. The maximum atomic E-state index is 11.8. The molecule has 0 aromatic heterocycles. The minimum atomic E-state index is -1.21. The van der Waals surface area contributed by atoms with Crippen molar-refractivity contribution in [3.05, 3.63) is 59.7 Å². The van der Waals surface area contributed by atoms with Gasteiger partial charge in [0.1, 0.15) is 5.75 Å². The molecular weight excluding hydrogens is 266 g/mol. The fraction of sp³-hybridized carbons (Fsp3) is 0.235. The number of benzene rings is 2. The molecule has 0 amide bonds. The van der Waals surface area contributed by atoms with Gasteiger partial charge < -0.3 is 15.2 Å². The van der Waals surface area contributed by atoms with Gasteiger partial charge in [0.2, 0.25) is 0 Å². The first-order valence-corrected chi connectivity index (χ1v) is 6.68. The summed E-state index contributed by atoms with van der Waals surface area (Å²) in [6, 6.07) is 14.7. The van der Waals surface area contributed by atoms with Gasteiger partial charge in [0.15, 0.2) is 5.54 Å². The van der Waals surface area contributed by atoms with E-state index in [1.807, 2.05) is 31.2 Å². The fourth-order valence-electron chi connectivity index (χ4n) is 2.18. The van der Waals surface area contributed by atoms with Gasteiger partial charge in [-0.3, -0.25) is 0 Å². The van der Waals surface area contributed by atoms with Gasteiger partial charge in [0.05, 0.1) is 7.11 Å². The molecule has 21 heavy (non-hydrogen) atoms. The van der Waals surface area contributed by atoms with Crippen LogP contribution in [-0.4, -0.2) is 18.2 Å². The quantitative estimate of drug-likeness (QED) is 0.883. The van der Waals surface area contributed by atoms with Crippen molar-refractivity contribution < 1.29 is 14.6 Å². The Morgan fingerprint density at radius 1 is 1.19 bits per heavy atom. The standard InChI is InChI=1S/C17H19NO3/c1-12-5-4-6-14(11-12)18-17(2,16(19)20)13-7-9-15(21-3)10-8-13/h4-11,18H,1-3H3,(H,19,20). The number of aliphatic carboxylic acids is 1. The number of methoxy groups -OCH3 is 1. The van der Waals surface area contributed by atoms with Crippen LogP contribution in [-0.2, 0) is 10.3 Å². The molecule has 2 rings (SSSR count). The van der Waals surface area contributed by atoms with Crippen molar-refractivity contribution in [3.63, 3.8) is 0 Å². The first kappa shape index (κ1) is 14.9. The van der Waals surface area contributed by atoms with Gasteiger partial charge in [-0.15, -0.1) is 0 Å². The molecule has 0 saturated heterocycles. The molecule has 1 atom stereocenters. The maximum absolute atomic E-state index is 11.8. The zero-order chi connectivity index (χ0) is 15.5. The SMILES string of the molecule is COc1ccc(C(C)(Nc2cccc(C)c2)C(=O)O)cc1. The third-order valence-corrected chi connectivity index (χ3v) is 3.51. The van der Waals surface area contributed by atoms with Crippen molar-refractivity contribution in [3.8, 4) is 5.75 Å². The van der Waals surface area contributed by atoms with Gasteiger partial charge in [-0.1, -0.05) is 24.3 Å². The van der Waals surface area contributed by atoms with Crippen LogP contribution < -0.4 is 10.1 Å². The van der Waals surface area contributed by atoms with Crippen LogP contribution in [0.15, 0.2) is 48.5 Å².